The van der Waals surface area contributed by atoms with Crippen LogP contribution in [0.3, 0.4) is 0 Å². The van der Waals surface area contributed by atoms with Crippen LogP contribution in [0.5, 0.6) is 0 Å². The lowest BCUT2D eigenvalue weighted by Gasteiger charge is -2.32. The van der Waals surface area contributed by atoms with E-state index in [4.69, 9.17) is 4.74 Å². The highest BCUT2D eigenvalue weighted by Gasteiger charge is 2.29. The van der Waals surface area contributed by atoms with Crippen LogP contribution in [0.2, 0.25) is 0 Å². The molecule has 1 unspecified atom stereocenters. The van der Waals surface area contributed by atoms with E-state index in [0.29, 0.717) is 0 Å². The SMILES string of the molecule is CCCn1ncnc1CC(NC)C(C)(C)OC. The number of aromatic nitrogens is 3. The van der Waals surface area contributed by atoms with E-state index in [-0.39, 0.29) is 11.6 Å². The van der Waals surface area contributed by atoms with E-state index in [0.717, 1.165) is 25.2 Å². The normalized spacial score (nSPS) is 13.9. The number of nitrogens with zero attached hydrogens (tertiary/aromatic N) is 3. The minimum atomic E-state index is -0.224. The van der Waals surface area contributed by atoms with E-state index in [1.54, 1.807) is 13.4 Å². The van der Waals surface area contributed by atoms with Crippen molar-refractivity contribution < 1.29 is 4.74 Å². The molecule has 0 aliphatic carbocycles. The van der Waals surface area contributed by atoms with Crippen LogP contribution in [-0.2, 0) is 17.7 Å². The highest BCUT2D eigenvalue weighted by Crippen LogP contribution is 2.17. The van der Waals surface area contributed by atoms with Gasteiger partial charge in [-0.3, -0.25) is 4.68 Å². The first-order valence-electron chi connectivity index (χ1n) is 6.14. The van der Waals surface area contributed by atoms with Crippen molar-refractivity contribution in [2.45, 2.75) is 51.8 Å². The van der Waals surface area contributed by atoms with Crippen LogP contribution in [0.25, 0.3) is 0 Å². The smallest absolute Gasteiger partial charge is 0.138 e. The molecule has 0 radical (unpaired) electrons. The molecule has 17 heavy (non-hydrogen) atoms. The number of nitrogens with one attached hydrogen (secondary N) is 1. The monoisotopic (exact) mass is 240 g/mol. The van der Waals surface area contributed by atoms with E-state index < -0.39 is 0 Å². The van der Waals surface area contributed by atoms with Gasteiger partial charge in [-0.25, -0.2) is 4.98 Å². The topological polar surface area (TPSA) is 52.0 Å². The van der Waals surface area contributed by atoms with Gasteiger partial charge in [-0.05, 0) is 27.3 Å². The van der Waals surface area contributed by atoms with Gasteiger partial charge in [0.15, 0.2) is 0 Å². The van der Waals surface area contributed by atoms with Gasteiger partial charge in [-0.1, -0.05) is 6.92 Å². The van der Waals surface area contributed by atoms with Crippen LogP contribution >= 0.6 is 0 Å². The summed E-state index contributed by atoms with van der Waals surface area (Å²) in [5.74, 6) is 1.01. The van der Waals surface area contributed by atoms with Gasteiger partial charge in [0.25, 0.3) is 0 Å². The molecule has 1 atom stereocenters. The van der Waals surface area contributed by atoms with Crippen LogP contribution < -0.4 is 5.32 Å². The minimum Gasteiger partial charge on any atom is -0.377 e. The molecular weight excluding hydrogens is 216 g/mol. The van der Waals surface area contributed by atoms with Crippen molar-refractivity contribution in [1.82, 2.24) is 20.1 Å². The summed E-state index contributed by atoms with van der Waals surface area (Å²) >= 11 is 0. The minimum absolute atomic E-state index is 0.215. The predicted octanol–water partition coefficient (Wildman–Crippen LogP) is 1.24. The number of rotatable bonds is 7. The second-order valence-corrected chi connectivity index (χ2v) is 4.75. The third-order valence-corrected chi connectivity index (χ3v) is 3.23. The Labute approximate surface area is 104 Å². The van der Waals surface area contributed by atoms with Crippen LogP contribution in [0.4, 0.5) is 0 Å². The number of likely N-dealkylation sites (N-methyl/N-ethyl adjacent to an activating group) is 1. The van der Waals surface area contributed by atoms with Crippen LogP contribution in [0, 0.1) is 0 Å². The second kappa shape index (κ2) is 6.12. The molecule has 0 aliphatic rings. The van der Waals surface area contributed by atoms with Gasteiger partial charge >= 0.3 is 0 Å². The molecule has 1 aromatic rings. The largest absolute Gasteiger partial charge is 0.377 e. The second-order valence-electron chi connectivity index (χ2n) is 4.75. The Bertz CT molecular complexity index is 335. The molecule has 0 saturated carbocycles. The zero-order valence-electron chi connectivity index (χ0n) is 11.5. The van der Waals surface area contributed by atoms with Crippen molar-refractivity contribution in [3.63, 3.8) is 0 Å². The fraction of sp³-hybridized carbons (Fsp3) is 0.833. The van der Waals surface area contributed by atoms with E-state index in [1.165, 1.54) is 0 Å². The van der Waals surface area contributed by atoms with Gasteiger partial charge < -0.3 is 10.1 Å². The number of aryl methyl sites for hydroxylation is 1. The van der Waals surface area contributed by atoms with E-state index in [2.05, 4.69) is 36.2 Å². The Kier molecular flexibility index (Phi) is 5.08. The average Bonchev–Trinajstić information content (AvgIpc) is 2.73. The van der Waals surface area contributed by atoms with Crippen LogP contribution in [-0.4, -0.2) is 40.6 Å². The maximum absolute atomic E-state index is 5.52. The van der Waals surface area contributed by atoms with Crippen molar-refractivity contribution in [2.75, 3.05) is 14.2 Å². The van der Waals surface area contributed by atoms with Gasteiger partial charge in [0.2, 0.25) is 0 Å². The van der Waals surface area contributed by atoms with Crippen LogP contribution in [0.1, 0.15) is 33.0 Å². The molecule has 1 N–H and O–H groups in total. The zero-order chi connectivity index (χ0) is 12.9. The van der Waals surface area contributed by atoms with Crippen molar-refractivity contribution in [2.24, 2.45) is 0 Å². The Balaban J connectivity index is 2.77. The molecule has 0 bridgehead atoms. The summed E-state index contributed by atoms with van der Waals surface area (Å²) in [6, 6.07) is 0.215. The molecule has 5 heteroatoms. The van der Waals surface area contributed by atoms with E-state index in [9.17, 15) is 0 Å². The maximum atomic E-state index is 5.52. The number of methoxy groups -OCH3 is 1. The molecule has 0 aliphatic heterocycles. The quantitative estimate of drug-likeness (QED) is 0.779. The van der Waals surface area contributed by atoms with Crippen molar-refractivity contribution in [3.05, 3.63) is 12.2 Å². The summed E-state index contributed by atoms with van der Waals surface area (Å²) in [6.07, 6.45) is 3.50. The van der Waals surface area contributed by atoms with Crippen molar-refractivity contribution in [3.8, 4) is 0 Å². The Morgan fingerprint density at radius 1 is 1.53 bits per heavy atom. The Hall–Kier alpha value is -0.940. The Morgan fingerprint density at radius 3 is 2.76 bits per heavy atom. The predicted molar refractivity (Wildman–Crippen MR) is 68.0 cm³/mol. The molecule has 0 saturated heterocycles. The Morgan fingerprint density at radius 2 is 2.24 bits per heavy atom. The summed E-state index contributed by atoms with van der Waals surface area (Å²) in [5.41, 5.74) is -0.224. The molecule has 1 aromatic heterocycles. The summed E-state index contributed by atoms with van der Waals surface area (Å²) in [6.45, 7) is 7.21. The fourth-order valence-corrected chi connectivity index (χ4v) is 1.87. The molecule has 1 heterocycles. The molecule has 0 amide bonds. The van der Waals surface area contributed by atoms with E-state index >= 15 is 0 Å². The van der Waals surface area contributed by atoms with E-state index in [1.807, 2.05) is 11.7 Å². The van der Waals surface area contributed by atoms with Gasteiger partial charge in [0.05, 0.1) is 5.60 Å². The highest BCUT2D eigenvalue weighted by molar-refractivity contribution is 4.96. The zero-order valence-corrected chi connectivity index (χ0v) is 11.5. The molecule has 1 rings (SSSR count). The lowest BCUT2D eigenvalue weighted by atomic mass is 9.95. The highest BCUT2D eigenvalue weighted by atomic mass is 16.5. The van der Waals surface area contributed by atoms with Gasteiger partial charge in [-0.2, -0.15) is 5.10 Å². The summed E-state index contributed by atoms with van der Waals surface area (Å²) < 4.78 is 7.49. The van der Waals surface area contributed by atoms with Gasteiger partial charge in [0, 0.05) is 26.1 Å². The molecular formula is C12H24N4O. The van der Waals surface area contributed by atoms with Gasteiger partial charge in [-0.15, -0.1) is 0 Å². The first kappa shape index (κ1) is 14.1. The first-order valence-corrected chi connectivity index (χ1v) is 6.14. The van der Waals surface area contributed by atoms with Gasteiger partial charge in [0.1, 0.15) is 12.2 Å². The lowest BCUT2D eigenvalue weighted by Crippen LogP contribution is -2.48. The summed E-state index contributed by atoms with van der Waals surface area (Å²) in [4.78, 5) is 4.33. The number of hydrogen-bond acceptors (Lipinski definition) is 4. The lowest BCUT2D eigenvalue weighted by molar-refractivity contribution is -0.00873. The maximum Gasteiger partial charge on any atom is 0.138 e. The van der Waals surface area contributed by atoms with Crippen molar-refractivity contribution in [1.29, 1.82) is 0 Å². The molecule has 0 aromatic carbocycles. The fourth-order valence-electron chi connectivity index (χ4n) is 1.87. The third-order valence-electron chi connectivity index (χ3n) is 3.23. The van der Waals surface area contributed by atoms with Crippen molar-refractivity contribution >= 4 is 0 Å². The number of hydrogen-bond donors (Lipinski definition) is 1. The molecule has 5 nitrogen and oxygen atoms in total. The standard InChI is InChI=1S/C12H24N4O/c1-6-7-16-11(14-9-15-16)8-10(13-4)12(2,3)17-5/h9-10,13H,6-8H2,1-5H3. The number of ether oxygens (including phenoxy) is 1. The molecule has 98 valence electrons. The molecule has 0 fully saturated rings. The molecule has 0 spiro atoms. The first-order chi connectivity index (χ1) is 8.05. The average molecular weight is 240 g/mol. The summed E-state index contributed by atoms with van der Waals surface area (Å²) in [5, 5.41) is 7.53. The third kappa shape index (κ3) is 3.51. The summed E-state index contributed by atoms with van der Waals surface area (Å²) in [7, 11) is 3.69. The van der Waals surface area contributed by atoms with Crippen LogP contribution in [0.15, 0.2) is 6.33 Å².